The summed E-state index contributed by atoms with van der Waals surface area (Å²) in [6.07, 6.45) is 9.84. The van der Waals surface area contributed by atoms with E-state index in [0.717, 1.165) is 25.8 Å². The molecule has 0 bridgehead atoms. The standard InChI is InChI=1S/C18H35N3O.ClH/c1-4-5-7-10-19-18(22)21-15(2)13-17(14-16(21)3)20-11-8-6-9-12-20;/h15-17H,4-14H2,1-3H3,(H,19,22);1H. The lowest BCUT2D eigenvalue weighted by Crippen LogP contribution is -2.58. The van der Waals surface area contributed by atoms with E-state index in [4.69, 9.17) is 0 Å². The van der Waals surface area contributed by atoms with Crippen molar-refractivity contribution in [2.45, 2.75) is 90.3 Å². The summed E-state index contributed by atoms with van der Waals surface area (Å²) in [5.41, 5.74) is 0. The van der Waals surface area contributed by atoms with E-state index in [2.05, 4.69) is 35.9 Å². The Morgan fingerprint density at radius 1 is 1.04 bits per heavy atom. The largest absolute Gasteiger partial charge is 0.338 e. The van der Waals surface area contributed by atoms with E-state index in [9.17, 15) is 4.79 Å². The number of likely N-dealkylation sites (tertiary alicyclic amines) is 2. The summed E-state index contributed by atoms with van der Waals surface area (Å²) in [6.45, 7) is 9.96. The van der Waals surface area contributed by atoms with E-state index in [0.29, 0.717) is 18.1 Å². The number of rotatable bonds is 5. The Morgan fingerprint density at radius 2 is 1.65 bits per heavy atom. The molecule has 2 atom stereocenters. The van der Waals surface area contributed by atoms with Crippen molar-refractivity contribution in [1.82, 2.24) is 15.1 Å². The molecule has 23 heavy (non-hydrogen) atoms. The number of hydrogen-bond acceptors (Lipinski definition) is 2. The van der Waals surface area contributed by atoms with Gasteiger partial charge in [-0.15, -0.1) is 12.4 Å². The number of amides is 2. The van der Waals surface area contributed by atoms with Gasteiger partial charge in [0.2, 0.25) is 0 Å². The van der Waals surface area contributed by atoms with Crippen LogP contribution in [0.1, 0.15) is 72.1 Å². The van der Waals surface area contributed by atoms with Crippen molar-refractivity contribution in [2.75, 3.05) is 19.6 Å². The molecule has 0 aromatic carbocycles. The first kappa shape index (κ1) is 20.6. The molecule has 5 heteroatoms. The maximum absolute atomic E-state index is 12.5. The maximum atomic E-state index is 12.5. The summed E-state index contributed by atoms with van der Waals surface area (Å²) in [5, 5.41) is 3.12. The van der Waals surface area contributed by atoms with Crippen LogP contribution in [0, 0.1) is 0 Å². The van der Waals surface area contributed by atoms with Gasteiger partial charge in [-0.2, -0.15) is 0 Å². The van der Waals surface area contributed by atoms with E-state index in [1.54, 1.807) is 0 Å². The van der Waals surface area contributed by atoms with Gasteiger partial charge in [-0.1, -0.05) is 26.2 Å². The van der Waals surface area contributed by atoms with Crippen molar-refractivity contribution < 1.29 is 4.79 Å². The molecule has 136 valence electrons. The van der Waals surface area contributed by atoms with Crippen LogP contribution in [0.15, 0.2) is 0 Å². The van der Waals surface area contributed by atoms with Gasteiger partial charge in [0.1, 0.15) is 0 Å². The summed E-state index contributed by atoms with van der Waals surface area (Å²) in [5.74, 6) is 0. The van der Waals surface area contributed by atoms with Crippen molar-refractivity contribution >= 4 is 18.4 Å². The van der Waals surface area contributed by atoms with Crippen LogP contribution in [0.5, 0.6) is 0 Å². The first-order valence-corrected chi connectivity index (χ1v) is 9.43. The average molecular weight is 346 g/mol. The highest BCUT2D eigenvalue weighted by Gasteiger charge is 2.36. The molecule has 2 unspecified atom stereocenters. The lowest BCUT2D eigenvalue weighted by molar-refractivity contribution is 0.0482. The molecule has 2 amide bonds. The van der Waals surface area contributed by atoms with Crippen molar-refractivity contribution in [3.63, 3.8) is 0 Å². The lowest BCUT2D eigenvalue weighted by atomic mass is 9.90. The SMILES string of the molecule is CCCCCNC(=O)N1C(C)CC(N2CCCCC2)CC1C.Cl. The number of unbranched alkanes of at least 4 members (excludes halogenated alkanes) is 2. The number of nitrogens with one attached hydrogen (secondary N) is 1. The summed E-state index contributed by atoms with van der Waals surface area (Å²) in [6, 6.07) is 1.52. The quantitative estimate of drug-likeness (QED) is 0.763. The Balaban J connectivity index is 0.00000264. The third-order valence-corrected chi connectivity index (χ3v) is 5.37. The van der Waals surface area contributed by atoms with Crippen molar-refractivity contribution in [3.05, 3.63) is 0 Å². The Bertz CT molecular complexity index is 335. The number of hydrogen-bond donors (Lipinski definition) is 1. The number of nitrogens with zero attached hydrogens (tertiary/aromatic N) is 2. The first-order chi connectivity index (χ1) is 10.6. The number of carbonyl (C=O) groups is 1. The van der Waals surface area contributed by atoms with E-state index in [1.165, 1.54) is 45.2 Å². The molecule has 0 radical (unpaired) electrons. The van der Waals surface area contributed by atoms with Crippen LogP contribution in [0.3, 0.4) is 0 Å². The molecule has 4 nitrogen and oxygen atoms in total. The summed E-state index contributed by atoms with van der Waals surface area (Å²) in [7, 11) is 0. The van der Waals surface area contributed by atoms with Gasteiger partial charge in [0.05, 0.1) is 0 Å². The lowest BCUT2D eigenvalue weighted by Gasteiger charge is -2.47. The zero-order valence-corrected chi connectivity index (χ0v) is 16.0. The minimum absolute atomic E-state index is 0. The molecule has 2 heterocycles. The molecule has 1 N–H and O–H groups in total. The van der Waals surface area contributed by atoms with E-state index in [-0.39, 0.29) is 18.4 Å². The number of halogens is 1. The van der Waals surface area contributed by atoms with Crippen LogP contribution < -0.4 is 5.32 Å². The minimum atomic E-state index is 0. The van der Waals surface area contributed by atoms with E-state index >= 15 is 0 Å². The predicted molar refractivity (Wildman–Crippen MR) is 99.4 cm³/mol. The Kier molecular flexibility index (Phi) is 9.30. The summed E-state index contributed by atoms with van der Waals surface area (Å²) in [4.78, 5) is 17.2. The molecular weight excluding hydrogens is 310 g/mol. The van der Waals surface area contributed by atoms with Gasteiger partial charge in [-0.3, -0.25) is 0 Å². The zero-order chi connectivity index (χ0) is 15.9. The van der Waals surface area contributed by atoms with Crippen LogP contribution in [-0.2, 0) is 0 Å². The highest BCUT2D eigenvalue weighted by atomic mass is 35.5. The van der Waals surface area contributed by atoms with Crippen molar-refractivity contribution in [1.29, 1.82) is 0 Å². The molecule has 2 rings (SSSR count). The number of carbonyl (C=O) groups excluding carboxylic acids is 1. The molecule has 2 aliphatic heterocycles. The minimum Gasteiger partial charge on any atom is -0.338 e. The average Bonchev–Trinajstić information content (AvgIpc) is 2.52. The molecule has 0 spiro atoms. The fourth-order valence-electron chi connectivity index (χ4n) is 4.19. The fraction of sp³-hybridized carbons (Fsp3) is 0.944. The van der Waals surface area contributed by atoms with Gasteiger partial charge in [0, 0.05) is 24.7 Å². The topological polar surface area (TPSA) is 35.6 Å². The second-order valence-corrected chi connectivity index (χ2v) is 7.27. The summed E-state index contributed by atoms with van der Waals surface area (Å²) < 4.78 is 0. The molecule has 0 saturated carbocycles. The third-order valence-electron chi connectivity index (χ3n) is 5.37. The van der Waals surface area contributed by atoms with Gasteiger partial charge in [-0.25, -0.2) is 4.79 Å². The molecule has 2 saturated heterocycles. The second-order valence-electron chi connectivity index (χ2n) is 7.27. The van der Waals surface area contributed by atoms with Crippen LogP contribution in [-0.4, -0.2) is 53.6 Å². The van der Waals surface area contributed by atoms with Crippen LogP contribution >= 0.6 is 12.4 Å². The second kappa shape index (κ2) is 10.4. The van der Waals surface area contributed by atoms with Crippen LogP contribution in [0.4, 0.5) is 4.79 Å². The smallest absolute Gasteiger partial charge is 0.317 e. The highest BCUT2D eigenvalue weighted by molar-refractivity contribution is 5.85. The molecule has 2 fully saturated rings. The van der Waals surface area contributed by atoms with Gasteiger partial charge >= 0.3 is 6.03 Å². The third kappa shape index (κ3) is 5.82. The van der Waals surface area contributed by atoms with Gasteiger partial charge in [-0.05, 0) is 59.0 Å². The first-order valence-electron chi connectivity index (χ1n) is 9.43. The fourth-order valence-corrected chi connectivity index (χ4v) is 4.19. The Morgan fingerprint density at radius 3 is 2.22 bits per heavy atom. The van der Waals surface area contributed by atoms with Gasteiger partial charge in [0.25, 0.3) is 0 Å². The van der Waals surface area contributed by atoms with Gasteiger partial charge in [0.15, 0.2) is 0 Å². The molecule has 0 aromatic heterocycles. The molecule has 0 aromatic rings. The van der Waals surface area contributed by atoms with Crippen molar-refractivity contribution in [2.24, 2.45) is 0 Å². The normalized spacial score (nSPS) is 29.0. The Labute approximate surface area is 148 Å². The monoisotopic (exact) mass is 345 g/mol. The van der Waals surface area contributed by atoms with Crippen molar-refractivity contribution in [3.8, 4) is 0 Å². The highest BCUT2D eigenvalue weighted by Crippen LogP contribution is 2.28. The molecular formula is C18H36ClN3O. The predicted octanol–water partition coefficient (Wildman–Crippen LogP) is 4.04. The number of piperidine rings is 2. The Hall–Kier alpha value is -0.480. The molecule has 0 aliphatic carbocycles. The van der Waals surface area contributed by atoms with Crippen LogP contribution in [0.2, 0.25) is 0 Å². The number of urea groups is 1. The van der Waals surface area contributed by atoms with Crippen LogP contribution in [0.25, 0.3) is 0 Å². The molecule has 2 aliphatic rings. The van der Waals surface area contributed by atoms with E-state index in [1.807, 2.05) is 0 Å². The maximum Gasteiger partial charge on any atom is 0.317 e. The zero-order valence-electron chi connectivity index (χ0n) is 15.2. The summed E-state index contributed by atoms with van der Waals surface area (Å²) >= 11 is 0. The van der Waals surface area contributed by atoms with Gasteiger partial charge < -0.3 is 15.1 Å². The van der Waals surface area contributed by atoms with E-state index < -0.39 is 0 Å².